The van der Waals surface area contributed by atoms with Gasteiger partial charge in [-0.3, -0.25) is 4.79 Å². The molecular weight excluding hydrogens is 284 g/mol. The van der Waals surface area contributed by atoms with Gasteiger partial charge in [0, 0.05) is 4.47 Å². The molecule has 0 spiro atoms. The average molecular weight is 301 g/mol. The first-order valence-corrected chi connectivity index (χ1v) is 6.37. The Morgan fingerprint density at radius 2 is 2.06 bits per heavy atom. The molecule has 1 aromatic rings. The molecule has 0 heterocycles. The number of carboxylic acids is 1. The van der Waals surface area contributed by atoms with Crippen molar-refractivity contribution in [2.75, 3.05) is 0 Å². The third-order valence-electron chi connectivity index (χ3n) is 2.38. The highest BCUT2D eigenvalue weighted by molar-refractivity contribution is 9.10. The summed E-state index contributed by atoms with van der Waals surface area (Å²) in [6, 6.07) is 5.78. The van der Waals surface area contributed by atoms with Crippen LogP contribution in [0, 0.1) is 0 Å². The molecule has 94 valence electrons. The molecule has 1 N–H and O–H groups in total. The lowest BCUT2D eigenvalue weighted by Gasteiger charge is -2.18. The first-order valence-electron chi connectivity index (χ1n) is 5.58. The van der Waals surface area contributed by atoms with Crippen molar-refractivity contribution >= 4 is 21.9 Å². The fourth-order valence-electron chi connectivity index (χ4n) is 1.58. The van der Waals surface area contributed by atoms with Crippen molar-refractivity contribution in [1.29, 1.82) is 0 Å². The summed E-state index contributed by atoms with van der Waals surface area (Å²) in [5.74, 6) is 0.247. The summed E-state index contributed by atoms with van der Waals surface area (Å²) >= 11 is 3.42. The zero-order valence-electron chi connectivity index (χ0n) is 10.2. The van der Waals surface area contributed by atoms with Crippen LogP contribution >= 0.6 is 15.9 Å². The monoisotopic (exact) mass is 300 g/mol. The van der Waals surface area contributed by atoms with Crippen LogP contribution in [0.3, 0.4) is 0 Å². The maximum Gasteiger partial charge on any atom is 0.307 e. The number of hydrogen-bond donors (Lipinski definition) is 1. The molecule has 1 atom stereocenters. The minimum atomic E-state index is -0.847. The quantitative estimate of drug-likeness (QED) is 0.899. The molecule has 3 nitrogen and oxygen atoms in total. The van der Waals surface area contributed by atoms with E-state index in [-0.39, 0.29) is 12.5 Å². The molecular formula is C13H17BrO3. The van der Waals surface area contributed by atoms with Gasteiger partial charge in [0.2, 0.25) is 0 Å². The second-order valence-corrected chi connectivity index (χ2v) is 5.28. The molecule has 0 saturated carbocycles. The third kappa shape index (κ3) is 4.38. The summed E-state index contributed by atoms with van der Waals surface area (Å²) in [7, 11) is 0. The van der Waals surface area contributed by atoms with Crippen molar-refractivity contribution in [3.63, 3.8) is 0 Å². The molecule has 1 rings (SSSR count). The summed E-state index contributed by atoms with van der Waals surface area (Å²) in [5, 5.41) is 8.70. The molecule has 4 heteroatoms. The fourth-order valence-corrected chi connectivity index (χ4v) is 1.96. The lowest BCUT2D eigenvalue weighted by atomic mass is 10.0. The Kier molecular flexibility index (Phi) is 5.00. The van der Waals surface area contributed by atoms with Gasteiger partial charge in [-0.2, -0.15) is 0 Å². The van der Waals surface area contributed by atoms with Gasteiger partial charge in [-0.15, -0.1) is 0 Å². The molecule has 0 fully saturated rings. The van der Waals surface area contributed by atoms with Crippen molar-refractivity contribution in [3.05, 3.63) is 28.2 Å². The minimum absolute atomic E-state index is 0.00754. The molecule has 0 aliphatic carbocycles. The van der Waals surface area contributed by atoms with E-state index in [0.29, 0.717) is 5.92 Å². The number of carbonyl (C=O) groups is 1. The minimum Gasteiger partial charge on any atom is -0.490 e. The molecule has 1 aromatic carbocycles. The van der Waals surface area contributed by atoms with Gasteiger partial charge in [0.05, 0.1) is 6.42 Å². The van der Waals surface area contributed by atoms with Crippen molar-refractivity contribution in [3.8, 4) is 5.75 Å². The number of benzene rings is 1. The molecule has 0 aliphatic heterocycles. The summed E-state index contributed by atoms with van der Waals surface area (Å²) in [6.07, 6.45) is -0.320. The van der Waals surface area contributed by atoms with Crippen LogP contribution in [0.25, 0.3) is 0 Å². The summed E-state index contributed by atoms with van der Waals surface area (Å²) in [5.41, 5.74) is 1.08. The van der Waals surface area contributed by atoms with Gasteiger partial charge in [-0.25, -0.2) is 0 Å². The predicted octanol–water partition coefficient (Wildman–Crippen LogP) is 3.81. The topological polar surface area (TPSA) is 46.5 Å². The Balaban J connectivity index is 2.86. The summed E-state index contributed by atoms with van der Waals surface area (Å²) < 4.78 is 6.67. The number of hydrogen-bond acceptors (Lipinski definition) is 2. The number of aliphatic carboxylic acids is 1. The molecule has 0 amide bonds. The van der Waals surface area contributed by atoms with Gasteiger partial charge < -0.3 is 9.84 Å². The van der Waals surface area contributed by atoms with E-state index < -0.39 is 5.97 Å². The van der Waals surface area contributed by atoms with Gasteiger partial charge in [0.1, 0.15) is 11.9 Å². The van der Waals surface area contributed by atoms with Crippen molar-refractivity contribution < 1.29 is 14.6 Å². The van der Waals surface area contributed by atoms with Gasteiger partial charge in [-0.1, -0.05) is 29.8 Å². The van der Waals surface area contributed by atoms with Crippen LogP contribution < -0.4 is 4.74 Å². The van der Waals surface area contributed by atoms with Gasteiger partial charge >= 0.3 is 5.97 Å². The molecule has 0 saturated heterocycles. The number of rotatable bonds is 5. The molecule has 0 aromatic heterocycles. The van der Waals surface area contributed by atoms with Crippen LogP contribution in [0.15, 0.2) is 22.7 Å². The van der Waals surface area contributed by atoms with Crippen LogP contribution in [0.5, 0.6) is 5.75 Å². The van der Waals surface area contributed by atoms with Crippen LogP contribution in [0.1, 0.15) is 38.7 Å². The molecule has 17 heavy (non-hydrogen) atoms. The van der Waals surface area contributed by atoms with E-state index in [9.17, 15) is 4.79 Å². The Morgan fingerprint density at radius 1 is 1.41 bits per heavy atom. The van der Waals surface area contributed by atoms with E-state index in [1.165, 1.54) is 0 Å². The summed E-state index contributed by atoms with van der Waals surface area (Å²) in [6.45, 7) is 5.92. The van der Waals surface area contributed by atoms with Crippen LogP contribution in [0.2, 0.25) is 0 Å². The van der Waals surface area contributed by atoms with Crippen molar-refractivity contribution in [2.24, 2.45) is 0 Å². The second kappa shape index (κ2) is 6.05. The lowest BCUT2D eigenvalue weighted by Crippen LogP contribution is -2.17. The maximum atomic E-state index is 10.6. The largest absolute Gasteiger partial charge is 0.490 e. The average Bonchev–Trinajstić information content (AvgIpc) is 2.19. The number of carboxylic acid groups (broad SMARTS) is 1. The molecule has 0 aliphatic rings. The smallest absolute Gasteiger partial charge is 0.307 e. The van der Waals surface area contributed by atoms with E-state index in [0.717, 1.165) is 15.8 Å². The van der Waals surface area contributed by atoms with Gasteiger partial charge in [-0.05, 0) is 36.6 Å². The van der Waals surface area contributed by atoms with E-state index in [1.807, 2.05) is 18.2 Å². The Morgan fingerprint density at radius 3 is 2.59 bits per heavy atom. The maximum absolute atomic E-state index is 10.6. The van der Waals surface area contributed by atoms with E-state index in [1.54, 1.807) is 6.92 Å². The van der Waals surface area contributed by atoms with Crippen LogP contribution in [0.4, 0.5) is 0 Å². The molecule has 0 unspecified atom stereocenters. The molecule has 0 bridgehead atoms. The summed E-state index contributed by atoms with van der Waals surface area (Å²) in [4.78, 5) is 10.6. The Hall–Kier alpha value is -1.03. The Labute approximate surface area is 110 Å². The zero-order chi connectivity index (χ0) is 13.0. The fraction of sp³-hybridized carbons (Fsp3) is 0.462. The normalized spacial score (nSPS) is 12.5. The van der Waals surface area contributed by atoms with Gasteiger partial charge in [0.15, 0.2) is 0 Å². The standard InChI is InChI=1S/C13H17BrO3/c1-8(2)11-7-10(14)4-5-12(11)17-9(3)6-13(15)16/h4-5,7-9H,6H2,1-3H3,(H,15,16)/t9-/m0/s1. The highest BCUT2D eigenvalue weighted by Gasteiger charge is 2.13. The SMILES string of the molecule is CC(C)c1cc(Br)ccc1O[C@@H](C)CC(=O)O. The van der Waals surface area contributed by atoms with E-state index >= 15 is 0 Å². The lowest BCUT2D eigenvalue weighted by molar-refractivity contribution is -0.138. The second-order valence-electron chi connectivity index (χ2n) is 4.36. The number of ether oxygens (including phenoxy) is 1. The van der Waals surface area contributed by atoms with Crippen molar-refractivity contribution in [2.45, 2.75) is 39.2 Å². The van der Waals surface area contributed by atoms with Gasteiger partial charge in [0.25, 0.3) is 0 Å². The van der Waals surface area contributed by atoms with E-state index in [4.69, 9.17) is 9.84 Å². The Bertz CT molecular complexity index is 402. The molecule has 0 radical (unpaired) electrons. The zero-order valence-corrected chi connectivity index (χ0v) is 11.8. The first kappa shape index (κ1) is 14.0. The van der Waals surface area contributed by atoms with Crippen LogP contribution in [-0.4, -0.2) is 17.2 Å². The third-order valence-corrected chi connectivity index (χ3v) is 2.88. The first-order chi connectivity index (χ1) is 7.90. The van der Waals surface area contributed by atoms with Crippen LogP contribution in [-0.2, 0) is 4.79 Å². The predicted molar refractivity (Wildman–Crippen MR) is 70.6 cm³/mol. The highest BCUT2D eigenvalue weighted by Crippen LogP contribution is 2.30. The van der Waals surface area contributed by atoms with E-state index in [2.05, 4.69) is 29.8 Å². The van der Waals surface area contributed by atoms with Crippen molar-refractivity contribution in [1.82, 2.24) is 0 Å². The number of halogens is 1. The highest BCUT2D eigenvalue weighted by atomic mass is 79.9.